The zero-order valence-corrected chi connectivity index (χ0v) is 11.6. The van der Waals surface area contributed by atoms with Crippen molar-refractivity contribution in [1.82, 2.24) is 9.88 Å². The molecule has 4 heteroatoms. The van der Waals surface area contributed by atoms with Crippen LogP contribution in [0.25, 0.3) is 0 Å². The Bertz CT molecular complexity index is 330. The Morgan fingerprint density at radius 1 is 1.38 bits per heavy atom. The van der Waals surface area contributed by atoms with Crippen LogP contribution in [0.5, 0.6) is 0 Å². The summed E-state index contributed by atoms with van der Waals surface area (Å²) in [7, 11) is 0. The molecule has 0 unspecified atom stereocenters. The van der Waals surface area contributed by atoms with Gasteiger partial charge >= 0.3 is 0 Å². The van der Waals surface area contributed by atoms with Gasteiger partial charge in [-0.05, 0) is 32.4 Å². The Morgan fingerprint density at radius 3 is 2.75 bits per heavy atom. The van der Waals surface area contributed by atoms with E-state index < -0.39 is 0 Å². The summed E-state index contributed by atoms with van der Waals surface area (Å²) in [5, 5.41) is 1.29. The fourth-order valence-electron chi connectivity index (χ4n) is 2.19. The Labute approximate surface area is 107 Å². The molecule has 1 aliphatic heterocycles. The van der Waals surface area contributed by atoms with Crippen LogP contribution >= 0.6 is 24.0 Å². The second-order valence-corrected chi connectivity index (χ2v) is 5.85. The molecule has 0 bridgehead atoms. The smallest absolute Gasteiger partial charge is 0.107 e. The van der Waals surface area contributed by atoms with Crippen molar-refractivity contribution in [2.45, 2.75) is 44.9 Å². The van der Waals surface area contributed by atoms with Gasteiger partial charge in [0.25, 0.3) is 0 Å². The summed E-state index contributed by atoms with van der Waals surface area (Å²) in [5.41, 5.74) is 1.29. The van der Waals surface area contributed by atoms with E-state index in [0.717, 1.165) is 18.7 Å². The van der Waals surface area contributed by atoms with Gasteiger partial charge in [-0.1, -0.05) is 13.3 Å². The highest BCUT2D eigenvalue weighted by Gasteiger charge is 2.15. The average Bonchev–Trinajstić information content (AvgIpc) is 2.89. The number of thiol groups is 1. The first-order valence-corrected chi connectivity index (χ1v) is 7.59. The third-order valence-corrected chi connectivity index (χ3v) is 4.62. The molecule has 0 N–H and O–H groups in total. The molecule has 0 spiro atoms. The number of hydrogen-bond donors (Lipinski definition) is 1. The summed E-state index contributed by atoms with van der Waals surface area (Å²) in [5.74, 6) is 0.840. The zero-order valence-electron chi connectivity index (χ0n) is 9.91. The maximum absolute atomic E-state index is 4.76. The molecule has 0 saturated carbocycles. The van der Waals surface area contributed by atoms with Crippen LogP contribution in [0, 0.1) is 0 Å². The van der Waals surface area contributed by atoms with Crippen molar-refractivity contribution in [2.24, 2.45) is 0 Å². The lowest BCUT2D eigenvalue weighted by Gasteiger charge is -2.11. The molecule has 1 aliphatic rings. The van der Waals surface area contributed by atoms with Crippen molar-refractivity contribution in [1.29, 1.82) is 0 Å². The summed E-state index contributed by atoms with van der Waals surface area (Å²) in [6.45, 7) is 5.76. The molecule has 0 aromatic carbocycles. The Balaban J connectivity index is 2.02. The molecule has 2 heterocycles. The number of thiazole rings is 1. The van der Waals surface area contributed by atoms with Crippen molar-refractivity contribution >= 4 is 24.0 Å². The lowest BCUT2D eigenvalue weighted by Crippen LogP contribution is -2.18. The topological polar surface area (TPSA) is 16.1 Å². The van der Waals surface area contributed by atoms with E-state index in [1.165, 1.54) is 47.9 Å². The Hall–Kier alpha value is -0.0600. The van der Waals surface area contributed by atoms with E-state index in [1.54, 1.807) is 0 Å². The van der Waals surface area contributed by atoms with E-state index >= 15 is 0 Å². The minimum absolute atomic E-state index is 0.840. The van der Waals surface area contributed by atoms with Gasteiger partial charge in [0.15, 0.2) is 0 Å². The van der Waals surface area contributed by atoms with Gasteiger partial charge in [-0.2, -0.15) is 12.6 Å². The monoisotopic (exact) mass is 256 g/mol. The van der Waals surface area contributed by atoms with Crippen molar-refractivity contribution in [2.75, 3.05) is 13.1 Å². The molecule has 2 nitrogen and oxygen atoms in total. The molecule has 90 valence electrons. The van der Waals surface area contributed by atoms with Crippen LogP contribution in [0.4, 0.5) is 0 Å². The average molecular weight is 256 g/mol. The molecule has 0 radical (unpaired) electrons. The third-order valence-electron chi connectivity index (χ3n) is 3.01. The summed E-state index contributed by atoms with van der Waals surface area (Å²) in [6, 6.07) is 0. The highest BCUT2D eigenvalue weighted by molar-refractivity contribution is 7.79. The molecule has 0 amide bonds. The Kier molecular flexibility index (Phi) is 4.67. The first-order chi connectivity index (χ1) is 7.83. The van der Waals surface area contributed by atoms with Crippen molar-refractivity contribution in [3.05, 3.63) is 15.6 Å². The largest absolute Gasteiger partial charge is 0.297 e. The highest BCUT2D eigenvalue weighted by Crippen LogP contribution is 2.24. The summed E-state index contributed by atoms with van der Waals surface area (Å²) in [6.07, 6.45) is 4.99. The molecule has 1 fully saturated rings. The molecule has 1 aromatic rings. The fourth-order valence-corrected chi connectivity index (χ4v) is 3.59. The first-order valence-electron chi connectivity index (χ1n) is 6.14. The maximum atomic E-state index is 4.76. The fraction of sp³-hybridized carbons (Fsp3) is 0.750. The quantitative estimate of drug-likeness (QED) is 0.815. The molecule has 1 saturated heterocycles. The van der Waals surface area contributed by atoms with Gasteiger partial charge < -0.3 is 0 Å². The van der Waals surface area contributed by atoms with Crippen LogP contribution in [0.2, 0.25) is 0 Å². The van der Waals surface area contributed by atoms with Crippen molar-refractivity contribution in [3.8, 4) is 0 Å². The Morgan fingerprint density at radius 2 is 2.12 bits per heavy atom. The highest BCUT2D eigenvalue weighted by atomic mass is 32.1. The van der Waals surface area contributed by atoms with Gasteiger partial charge in [-0.15, -0.1) is 11.3 Å². The van der Waals surface area contributed by atoms with Gasteiger partial charge in [0.2, 0.25) is 0 Å². The second-order valence-electron chi connectivity index (χ2n) is 4.37. The maximum Gasteiger partial charge on any atom is 0.107 e. The SMILES string of the molecule is CCCc1nc(CN2CCCC2)sc1CS. The van der Waals surface area contributed by atoms with Crippen molar-refractivity contribution < 1.29 is 0 Å². The van der Waals surface area contributed by atoms with E-state index in [9.17, 15) is 0 Å². The van der Waals surface area contributed by atoms with E-state index in [4.69, 9.17) is 4.98 Å². The predicted octanol–water partition coefficient (Wildman–Crippen LogP) is 3.12. The molecule has 1 aromatic heterocycles. The second kappa shape index (κ2) is 6.03. The molecule has 2 rings (SSSR count). The van der Waals surface area contributed by atoms with Gasteiger partial charge in [-0.25, -0.2) is 4.98 Å². The van der Waals surface area contributed by atoms with Crippen molar-refractivity contribution in [3.63, 3.8) is 0 Å². The van der Waals surface area contributed by atoms with Crippen LogP contribution in [-0.4, -0.2) is 23.0 Å². The van der Waals surface area contributed by atoms with Crippen LogP contribution in [0.1, 0.15) is 41.8 Å². The zero-order chi connectivity index (χ0) is 11.4. The molecule has 16 heavy (non-hydrogen) atoms. The molecular formula is C12H20N2S2. The summed E-state index contributed by atoms with van der Waals surface area (Å²) >= 11 is 6.25. The van der Waals surface area contributed by atoms with Gasteiger partial charge in [0.1, 0.15) is 5.01 Å². The van der Waals surface area contributed by atoms with Crippen LogP contribution < -0.4 is 0 Å². The van der Waals surface area contributed by atoms with E-state index in [0.29, 0.717) is 0 Å². The van der Waals surface area contributed by atoms with Crippen LogP contribution in [0.3, 0.4) is 0 Å². The van der Waals surface area contributed by atoms with Gasteiger partial charge in [-0.3, -0.25) is 4.90 Å². The minimum Gasteiger partial charge on any atom is -0.297 e. The van der Waals surface area contributed by atoms with E-state index in [2.05, 4.69) is 24.5 Å². The van der Waals surface area contributed by atoms with Gasteiger partial charge in [0, 0.05) is 10.6 Å². The number of rotatable bonds is 5. The predicted molar refractivity (Wildman–Crippen MR) is 73.3 cm³/mol. The third kappa shape index (κ3) is 2.99. The van der Waals surface area contributed by atoms with Crippen LogP contribution in [-0.2, 0) is 18.7 Å². The lowest BCUT2D eigenvalue weighted by atomic mass is 10.2. The molecule has 0 atom stereocenters. The van der Waals surface area contributed by atoms with E-state index in [-0.39, 0.29) is 0 Å². The summed E-state index contributed by atoms with van der Waals surface area (Å²) in [4.78, 5) is 8.65. The molecule has 0 aliphatic carbocycles. The number of aromatic nitrogens is 1. The number of aryl methyl sites for hydroxylation is 1. The lowest BCUT2D eigenvalue weighted by molar-refractivity contribution is 0.330. The number of nitrogens with zero attached hydrogens (tertiary/aromatic N) is 2. The minimum atomic E-state index is 0.840. The number of likely N-dealkylation sites (tertiary alicyclic amines) is 1. The van der Waals surface area contributed by atoms with E-state index in [1.807, 2.05) is 11.3 Å². The van der Waals surface area contributed by atoms with Crippen LogP contribution in [0.15, 0.2) is 0 Å². The molecular weight excluding hydrogens is 236 g/mol. The summed E-state index contributed by atoms with van der Waals surface area (Å²) < 4.78 is 0. The normalized spacial score (nSPS) is 17.1. The van der Waals surface area contributed by atoms with Gasteiger partial charge in [0.05, 0.1) is 12.2 Å². The standard InChI is InChI=1S/C12H20N2S2/c1-2-5-10-11(9-15)16-12(13-10)8-14-6-3-4-7-14/h15H,2-9H2,1H3. The first kappa shape index (κ1) is 12.4. The number of hydrogen-bond acceptors (Lipinski definition) is 4.